The largest absolute Gasteiger partial charge is 0.488 e. The zero-order chi connectivity index (χ0) is 11.7. The SMILES string of the molecule is CCN1CC(Oc2ccc3c(c2)CCNC3)C1. The Kier molecular flexibility index (Phi) is 3.04. The number of hydrogen-bond donors (Lipinski definition) is 1. The third-order valence-corrected chi connectivity index (χ3v) is 3.74. The van der Waals surface area contributed by atoms with Crippen LogP contribution in [0.1, 0.15) is 18.1 Å². The first-order valence-electron chi connectivity index (χ1n) is 6.56. The highest BCUT2D eigenvalue weighted by Gasteiger charge is 2.26. The van der Waals surface area contributed by atoms with Gasteiger partial charge in [0.2, 0.25) is 0 Å². The molecule has 2 aliphatic heterocycles. The van der Waals surface area contributed by atoms with Crippen LogP contribution in [0.4, 0.5) is 0 Å². The van der Waals surface area contributed by atoms with Gasteiger partial charge in [-0.2, -0.15) is 0 Å². The van der Waals surface area contributed by atoms with Gasteiger partial charge in [0, 0.05) is 19.6 Å². The van der Waals surface area contributed by atoms with Crippen molar-refractivity contribution in [3.05, 3.63) is 29.3 Å². The van der Waals surface area contributed by atoms with Crippen LogP contribution in [0.3, 0.4) is 0 Å². The molecule has 17 heavy (non-hydrogen) atoms. The molecule has 0 unspecified atom stereocenters. The van der Waals surface area contributed by atoms with Gasteiger partial charge in [-0.25, -0.2) is 0 Å². The second-order valence-corrected chi connectivity index (χ2v) is 4.95. The summed E-state index contributed by atoms with van der Waals surface area (Å²) in [6.07, 6.45) is 1.52. The molecule has 3 rings (SSSR count). The van der Waals surface area contributed by atoms with Crippen molar-refractivity contribution in [2.45, 2.75) is 26.0 Å². The number of nitrogens with one attached hydrogen (secondary N) is 1. The van der Waals surface area contributed by atoms with Gasteiger partial charge in [-0.3, -0.25) is 4.90 Å². The van der Waals surface area contributed by atoms with Gasteiger partial charge in [0.25, 0.3) is 0 Å². The maximum atomic E-state index is 5.99. The summed E-state index contributed by atoms with van der Waals surface area (Å²) in [5, 5.41) is 3.39. The summed E-state index contributed by atoms with van der Waals surface area (Å²) < 4.78 is 5.99. The van der Waals surface area contributed by atoms with E-state index in [1.165, 1.54) is 11.1 Å². The van der Waals surface area contributed by atoms with Crippen molar-refractivity contribution in [3.8, 4) is 5.75 Å². The van der Waals surface area contributed by atoms with Gasteiger partial charge in [0.05, 0.1) is 0 Å². The quantitative estimate of drug-likeness (QED) is 0.853. The van der Waals surface area contributed by atoms with E-state index in [0.717, 1.165) is 44.9 Å². The van der Waals surface area contributed by atoms with Crippen LogP contribution in [0.5, 0.6) is 5.75 Å². The zero-order valence-electron chi connectivity index (χ0n) is 10.4. The average molecular weight is 232 g/mol. The van der Waals surface area contributed by atoms with Crippen LogP contribution in [0.15, 0.2) is 18.2 Å². The Hall–Kier alpha value is -1.06. The van der Waals surface area contributed by atoms with E-state index in [9.17, 15) is 0 Å². The predicted molar refractivity (Wildman–Crippen MR) is 68.4 cm³/mol. The summed E-state index contributed by atoms with van der Waals surface area (Å²) in [6.45, 7) is 7.58. The Morgan fingerprint density at radius 2 is 2.24 bits per heavy atom. The summed E-state index contributed by atoms with van der Waals surface area (Å²) >= 11 is 0. The molecule has 0 saturated carbocycles. The van der Waals surface area contributed by atoms with E-state index in [1.807, 2.05) is 0 Å². The molecule has 1 aromatic rings. The van der Waals surface area contributed by atoms with Gasteiger partial charge >= 0.3 is 0 Å². The van der Waals surface area contributed by atoms with Gasteiger partial charge in [-0.15, -0.1) is 0 Å². The average Bonchev–Trinajstić information content (AvgIpc) is 2.33. The first-order valence-corrected chi connectivity index (χ1v) is 6.56. The Morgan fingerprint density at radius 1 is 1.35 bits per heavy atom. The Balaban J connectivity index is 1.64. The molecule has 2 heterocycles. The molecule has 0 aliphatic carbocycles. The Bertz CT molecular complexity index is 399. The molecule has 1 aromatic carbocycles. The second-order valence-electron chi connectivity index (χ2n) is 4.95. The number of hydrogen-bond acceptors (Lipinski definition) is 3. The van der Waals surface area contributed by atoms with E-state index in [4.69, 9.17) is 4.74 Å². The minimum absolute atomic E-state index is 0.398. The van der Waals surface area contributed by atoms with E-state index in [0.29, 0.717) is 6.10 Å². The maximum Gasteiger partial charge on any atom is 0.124 e. The van der Waals surface area contributed by atoms with Crippen molar-refractivity contribution >= 4 is 0 Å². The molecule has 0 amide bonds. The van der Waals surface area contributed by atoms with Crippen LogP contribution >= 0.6 is 0 Å². The molecule has 3 nitrogen and oxygen atoms in total. The normalized spacial score (nSPS) is 20.8. The summed E-state index contributed by atoms with van der Waals surface area (Å²) in [7, 11) is 0. The number of likely N-dealkylation sites (N-methyl/N-ethyl adjacent to an activating group) is 1. The maximum absolute atomic E-state index is 5.99. The van der Waals surface area contributed by atoms with Crippen molar-refractivity contribution in [2.75, 3.05) is 26.2 Å². The first-order chi connectivity index (χ1) is 8.35. The minimum Gasteiger partial charge on any atom is -0.488 e. The molecule has 2 aliphatic rings. The van der Waals surface area contributed by atoms with Gasteiger partial charge in [-0.1, -0.05) is 13.0 Å². The van der Waals surface area contributed by atoms with Crippen molar-refractivity contribution in [3.63, 3.8) is 0 Å². The number of fused-ring (bicyclic) bond motifs is 1. The number of benzene rings is 1. The van der Waals surface area contributed by atoms with Gasteiger partial charge < -0.3 is 10.1 Å². The molecule has 1 fully saturated rings. The molecule has 1 N–H and O–H groups in total. The summed E-state index contributed by atoms with van der Waals surface area (Å²) in [6, 6.07) is 6.54. The summed E-state index contributed by atoms with van der Waals surface area (Å²) in [5.41, 5.74) is 2.88. The smallest absolute Gasteiger partial charge is 0.124 e. The number of likely N-dealkylation sites (tertiary alicyclic amines) is 1. The van der Waals surface area contributed by atoms with E-state index >= 15 is 0 Å². The van der Waals surface area contributed by atoms with Crippen LogP contribution in [-0.4, -0.2) is 37.2 Å². The van der Waals surface area contributed by atoms with Crippen LogP contribution in [0, 0.1) is 0 Å². The molecular weight excluding hydrogens is 212 g/mol. The number of ether oxygens (including phenoxy) is 1. The Morgan fingerprint density at radius 3 is 3.06 bits per heavy atom. The van der Waals surface area contributed by atoms with Gasteiger partial charge in [-0.05, 0) is 42.8 Å². The number of rotatable bonds is 3. The minimum atomic E-state index is 0.398. The first kappa shape index (κ1) is 11.1. The van der Waals surface area contributed by atoms with E-state index in [1.54, 1.807) is 0 Å². The van der Waals surface area contributed by atoms with Crippen molar-refractivity contribution in [1.82, 2.24) is 10.2 Å². The number of nitrogens with zero attached hydrogens (tertiary/aromatic N) is 1. The van der Waals surface area contributed by atoms with Crippen molar-refractivity contribution < 1.29 is 4.74 Å². The van der Waals surface area contributed by atoms with Crippen LogP contribution < -0.4 is 10.1 Å². The highest BCUT2D eigenvalue weighted by atomic mass is 16.5. The fraction of sp³-hybridized carbons (Fsp3) is 0.571. The molecule has 0 spiro atoms. The molecule has 3 heteroatoms. The lowest BCUT2D eigenvalue weighted by Crippen LogP contribution is -2.53. The summed E-state index contributed by atoms with van der Waals surface area (Å²) in [4.78, 5) is 2.40. The third kappa shape index (κ3) is 2.31. The molecule has 1 saturated heterocycles. The van der Waals surface area contributed by atoms with Crippen LogP contribution in [-0.2, 0) is 13.0 Å². The van der Waals surface area contributed by atoms with E-state index in [2.05, 4.69) is 35.3 Å². The molecule has 92 valence electrons. The van der Waals surface area contributed by atoms with E-state index < -0.39 is 0 Å². The zero-order valence-corrected chi connectivity index (χ0v) is 10.4. The summed E-state index contributed by atoms with van der Waals surface area (Å²) in [5.74, 6) is 1.05. The van der Waals surface area contributed by atoms with Crippen LogP contribution in [0.25, 0.3) is 0 Å². The Labute approximate surface area is 103 Å². The standard InChI is InChI=1S/C14H20N2O/c1-2-16-9-14(10-16)17-13-4-3-12-8-15-6-5-11(12)7-13/h3-4,7,14-15H,2,5-6,8-10H2,1H3. The highest BCUT2D eigenvalue weighted by Crippen LogP contribution is 2.23. The lowest BCUT2D eigenvalue weighted by Gasteiger charge is -2.38. The molecule has 0 bridgehead atoms. The molecule has 0 aromatic heterocycles. The third-order valence-electron chi connectivity index (χ3n) is 3.74. The second kappa shape index (κ2) is 4.67. The van der Waals surface area contributed by atoms with Crippen molar-refractivity contribution in [1.29, 1.82) is 0 Å². The van der Waals surface area contributed by atoms with E-state index in [-0.39, 0.29) is 0 Å². The topological polar surface area (TPSA) is 24.5 Å². The fourth-order valence-corrected chi connectivity index (χ4v) is 2.57. The van der Waals surface area contributed by atoms with Crippen LogP contribution in [0.2, 0.25) is 0 Å². The van der Waals surface area contributed by atoms with Crippen molar-refractivity contribution in [2.24, 2.45) is 0 Å². The van der Waals surface area contributed by atoms with Gasteiger partial charge in [0.15, 0.2) is 0 Å². The molecular formula is C14H20N2O. The highest BCUT2D eigenvalue weighted by molar-refractivity contribution is 5.37. The predicted octanol–water partition coefficient (Wildman–Crippen LogP) is 1.42. The van der Waals surface area contributed by atoms with Gasteiger partial charge in [0.1, 0.15) is 11.9 Å². The molecule has 0 radical (unpaired) electrons. The lowest BCUT2D eigenvalue weighted by atomic mass is 10.0. The molecule has 0 atom stereocenters. The monoisotopic (exact) mass is 232 g/mol. The fourth-order valence-electron chi connectivity index (χ4n) is 2.57. The lowest BCUT2D eigenvalue weighted by molar-refractivity contribution is 0.0238.